The molecule has 22 heavy (non-hydrogen) atoms. The number of carbonyl (C=O) groups excluding carboxylic acids is 1. The van der Waals surface area contributed by atoms with Crippen LogP contribution in [0.5, 0.6) is 0 Å². The number of tetrazole rings is 1. The van der Waals surface area contributed by atoms with Crippen LogP contribution in [0.25, 0.3) is 0 Å². The van der Waals surface area contributed by atoms with E-state index in [0.717, 1.165) is 29.1 Å². The average molecular weight is 316 g/mol. The zero-order valence-corrected chi connectivity index (χ0v) is 13.7. The molecule has 1 aromatic carbocycles. The number of nitrogens with zero attached hydrogens (tertiary/aromatic N) is 4. The number of aromatic nitrogens is 4. The number of thioether (sulfide) groups is 1. The fraction of sp³-hybridized carbons (Fsp3) is 0.500. The Bertz CT molecular complexity index is 646. The second-order valence-electron chi connectivity index (χ2n) is 5.83. The molecule has 0 radical (unpaired) electrons. The number of benzene rings is 1. The van der Waals surface area contributed by atoms with Crippen LogP contribution in [-0.4, -0.2) is 31.2 Å². The van der Waals surface area contributed by atoms with Crippen molar-refractivity contribution in [2.75, 3.05) is 0 Å². The highest BCUT2D eigenvalue weighted by Gasteiger charge is 2.25. The number of hydrogen-bond acceptors (Lipinski definition) is 5. The molecule has 0 saturated heterocycles. The summed E-state index contributed by atoms with van der Waals surface area (Å²) in [7, 11) is 0. The summed E-state index contributed by atoms with van der Waals surface area (Å²) in [6.45, 7) is 3.93. The summed E-state index contributed by atoms with van der Waals surface area (Å²) in [6.07, 6.45) is 4.71. The number of carbonyl (C=O) groups is 1. The first kappa shape index (κ1) is 15.2. The van der Waals surface area contributed by atoms with Crippen LogP contribution >= 0.6 is 11.8 Å². The van der Waals surface area contributed by atoms with Crippen LogP contribution in [0.4, 0.5) is 0 Å². The lowest BCUT2D eigenvalue weighted by molar-refractivity contribution is 0.0994. The van der Waals surface area contributed by atoms with Gasteiger partial charge in [-0.25, -0.2) is 4.68 Å². The Balaban J connectivity index is 1.71. The molecule has 0 spiro atoms. The molecule has 1 heterocycles. The SMILES string of the molecule is Cc1ccc(C(=O)C(C)Sc2nnnn2C2CCCC2)cc1. The molecule has 0 N–H and O–H groups in total. The highest BCUT2D eigenvalue weighted by Crippen LogP contribution is 2.33. The van der Waals surface area contributed by atoms with Gasteiger partial charge >= 0.3 is 0 Å². The molecule has 0 bridgehead atoms. The number of rotatable bonds is 5. The van der Waals surface area contributed by atoms with Gasteiger partial charge in [-0.15, -0.1) is 5.10 Å². The van der Waals surface area contributed by atoms with E-state index in [1.54, 1.807) is 0 Å². The molecule has 3 rings (SSSR count). The van der Waals surface area contributed by atoms with Crippen molar-refractivity contribution in [2.45, 2.75) is 56.0 Å². The van der Waals surface area contributed by atoms with Gasteiger partial charge in [-0.1, -0.05) is 54.4 Å². The maximum atomic E-state index is 12.5. The minimum atomic E-state index is -0.200. The third-order valence-corrected chi connectivity index (χ3v) is 5.17. The van der Waals surface area contributed by atoms with Gasteiger partial charge in [-0.2, -0.15) is 0 Å². The standard InChI is InChI=1S/C16H20N4OS/c1-11-7-9-13(10-8-11)15(21)12(2)22-16-17-18-19-20(16)14-5-3-4-6-14/h7-10,12,14H,3-6H2,1-2H3. The highest BCUT2D eigenvalue weighted by atomic mass is 32.2. The van der Waals surface area contributed by atoms with E-state index in [0.29, 0.717) is 6.04 Å². The van der Waals surface area contributed by atoms with Crippen molar-refractivity contribution in [1.82, 2.24) is 20.2 Å². The molecule has 1 unspecified atom stereocenters. The monoisotopic (exact) mass is 316 g/mol. The summed E-state index contributed by atoms with van der Waals surface area (Å²) >= 11 is 1.45. The lowest BCUT2D eigenvalue weighted by Gasteiger charge is -2.13. The van der Waals surface area contributed by atoms with E-state index >= 15 is 0 Å². The van der Waals surface area contributed by atoms with Crippen molar-refractivity contribution in [3.8, 4) is 0 Å². The van der Waals surface area contributed by atoms with Crippen LogP contribution in [0, 0.1) is 6.92 Å². The van der Waals surface area contributed by atoms with Crippen LogP contribution in [0.15, 0.2) is 29.4 Å². The van der Waals surface area contributed by atoms with Crippen LogP contribution in [0.2, 0.25) is 0 Å². The average Bonchev–Trinajstić information content (AvgIpc) is 3.18. The van der Waals surface area contributed by atoms with Gasteiger partial charge in [0.25, 0.3) is 0 Å². The molecule has 2 aromatic rings. The van der Waals surface area contributed by atoms with E-state index in [4.69, 9.17) is 0 Å². The summed E-state index contributed by atoms with van der Waals surface area (Å²) < 4.78 is 1.90. The van der Waals surface area contributed by atoms with Gasteiger partial charge in [0.05, 0.1) is 11.3 Å². The van der Waals surface area contributed by atoms with Crippen LogP contribution in [0.1, 0.15) is 54.6 Å². The normalized spacial score (nSPS) is 16.8. The zero-order valence-electron chi connectivity index (χ0n) is 12.9. The largest absolute Gasteiger partial charge is 0.293 e. The maximum Gasteiger partial charge on any atom is 0.210 e. The minimum Gasteiger partial charge on any atom is -0.293 e. The number of ketones is 1. The maximum absolute atomic E-state index is 12.5. The highest BCUT2D eigenvalue weighted by molar-refractivity contribution is 8.00. The zero-order chi connectivity index (χ0) is 15.5. The van der Waals surface area contributed by atoms with E-state index in [9.17, 15) is 4.79 Å². The topological polar surface area (TPSA) is 60.7 Å². The van der Waals surface area contributed by atoms with E-state index in [-0.39, 0.29) is 11.0 Å². The first-order chi connectivity index (χ1) is 10.6. The predicted molar refractivity (Wildman–Crippen MR) is 86.2 cm³/mol. The molecule has 1 saturated carbocycles. The Morgan fingerprint density at radius 3 is 2.64 bits per heavy atom. The first-order valence-electron chi connectivity index (χ1n) is 7.70. The fourth-order valence-electron chi connectivity index (χ4n) is 2.81. The van der Waals surface area contributed by atoms with Crippen molar-refractivity contribution in [3.05, 3.63) is 35.4 Å². The molecule has 1 aliphatic carbocycles. The molecule has 1 fully saturated rings. The Morgan fingerprint density at radius 2 is 1.95 bits per heavy atom. The molecule has 5 nitrogen and oxygen atoms in total. The third kappa shape index (κ3) is 3.21. The number of aryl methyl sites for hydroxylation is 1. The van der Waals surface area contributed by atoms with E-state index in [1.807, 2.05) is 42.8 Å². The van der Waals surface area contributed by atoms with Crippen molar-refractivity contribution < 1.29 is 4.79 Å². The number of Topliss-reactive ketones (excluding diaryl/α,β-unsaturated/α-hetero) is 1. The smallest absolute Gasteiger partial charge is 0.210 e. The summed E-state index contributed by atoms with van der Waals surface area (Å²) in [4.78, 5) is 12.5. The summed E-state index contributed by atoms with van der Waals surface area (Å²) in [5, 5.41) is 12.6. The van der Waals surface area contributed by atoms with E-state index in [2.05, 4.69) is 15.5 Å². The quantitative estimate of drug-likeness (QED) is 0.624. The lowest BCUT2D eigenvalue weighted by atomic mass is 10.1. The molecule has 116 valence electrons. The molecular formula is C16H20N4OS. The molecule has 1 atom stereocenters. The summed E-state index contributed by atoms with van der Waals surface area (Å²) in [6, 6.07) is 8.09. The van der Waals surface area contributed by atoms with Crippen LogP contribution in [-0.2, 0) is 0 Å². The second-order valence-corrected chi connectivity index (χ2v) is 7.14. The van der Waals surface area contributed by atoms with Crippen LogP contribution in [0.3, 0.4) is 0 Å². The van der Waals surface area contributed by atoms with Crippen LogP contribution < -0.4 is 0 Å². The Hall–Kier alpha value is -1.69. The van der Waals surface area contributed by atoms with Crippen molar-refractivity contribution in [2.24, 2.45) is 0 Å². The fourth-order valence-corrected chi connectivity index (χ4v) is 3.74. The van der Waals surface area contributed by atoms with Gasteiger partial charge in [0, 0.05) is 5.56 Å². The Morgan fingerprint density at radius 1 is 1.27 bits per heavy atom. The van der Waals surface area contributed by atoms with Crippen molar-refractivity contribution in [1.29, 1.82) is 0 Å². The minimum absolute atomic E-state index is 0.117. The van der Waals surface area contributed by atoms with Gasteiger partial charge in [-0.05, 0) is 37.1 Å². The van der Waals surface area contributed by atoms with Crippen molar-refractivity contribution >= 4 is 17.5 Å². The Labute approximate surface area is 134 Å². The van der Waals surface area contributed by atoms with Gasteiger partial charge in [0.15, 0.2) is 5.78 Å². The van der Waals surface area contributed by atoms with Gasteiger partial charge in [-0.3, -0.25) is 4.79 Å². The van der Waals surface area contributed by atoms with Gasteiger partial charge in [0.1, 0.15) is 0 Å². The number of hydrogen-bond donors (Lipinski definition) is 0. The summed E-state index contributed by atoms with van der Waals surface area (Å²) in [5.41, 5.74) is 1.90. The molecule has 6 heteroatoms. The molecule has 0 amide bonds. The lowest BCUT2D eigenvalue weighted by Crippen LogP contribution is -2.16. The summed E-state index contributed by atoms with van der Waals surface area (Å²) in [5.74, 6) is 0.117. The van der Waals surface area contributed by atoms with E-state index in [1.165, 1.54) is 24.6 Å². The molecule has 1 aromatic heterocycles. The Kier molecular flexibility index (Phi) is 4.57. The van der Waals surface area contributed by atoms with Gasteiger partial charge in [0.2, 0.25) is 5.16 Å². The third-order valence-electron chi connectivity index (χ3n) is 4.12. The van der Waals surface area contributed by atoms with Crippen molar-refractivity contribution in [3.63, 3.8) is 0 Å². The van der Waals surface area contributed by atoms with Gasteiger partial charge < -0.3 is 0 Å². The molecule has 1 aliphatic rings. The van der Waals surface area contributed by atoms with E-state index < -0.39 is 0 Å². The second kappa shape index (κ2) is 6.60. The molecular weight excluding hydrogens is 296 g/mol. The molecule has 0 aliphatic heterocycles. The predicted octanol–water partition coefficient (Wildman–Crippen LogP) is 3.46. The first-order valence-corrected chi connectivity index (χ1v) is 8.58.